The maximum atomic E-state index is 11.9. The minimum Gasteiger partial charge on any atom is -0.484 e. The predicted molar refractivity (Wildman–Crippen MR) is 108 cm³/mol. The molecule has 3 rings (SSSR count). The van der Waals surface area contributed by atoms with Gasteiger partial charge in [-0.05, 0) is 49.6 Å². The van der Waals surface area contributed by atoms with Crippen LogP contribution in [0.1, 0.15) is 12.8 Å². The van der Waals surface area contributed by atoms with Gasteiger partial charge in [-0.1, -0.05) is 24.3 Å². The number of amides is 2. The van der Waals surface area contributed by atoms with Crippen molar-refractivity contribution in [1.82, 2.24) is 5.32 Å². The maximum Gasteiger partial charge on any atom is 0.262 e. The van der Waals surface area contributed by atoms with Gasteiger partial charge in [0.15, 0.2) is 6.61 Å². The van der Waals surface area contributed by atoms with Crippen molar-refractivity contribution in [3.63, 3.8) is 0 Å². The van der Waals surface area contributed by atoms with Crippen LogP contribution in [0.25, 0.3) is 0 Å². The summed E-state index contributed by atoms with van der Waals surface area (Å²) in [6, 6.07) is 16.2. The number of carbonyl (C=O) groups excluding carboxylic acids is 2. The van der Waals surface area contributed by atoms with Gasteiger partial charge in [-0.2, -0.15) is 0 Å². The van der Waals surface area contributed by atoms with Crippen LogP contribution in [0.4, 0.5) is 11.4 Å². The number of ether oxygens (including phenoxy) is 1. The maximum absolute atomic E-state index is 11.9. The lowest BCUT2D eigenvalue weighted by atomic mass is 10.3. The first-order chi connectivity index (χ1) is 12.7. The Morgan fingerprint density at radius 1 is 0.926 bits per heavy atom. The Morgan fingerprint density at radius 3 is 2.37 bits per heavy atom. The van der Waals surface area contributed by atoms with Crippen LogP contribution in [0.5, 0.6) is 5.75 Å². The largest absolute Gasteiger partial charge is 0.484 e. The molecule has 1 aliphatic rings. The average Bonchev–Trinajstić information content (AvgIpc) is 3.45. The molecule has 2 aromatic carbocycles. The van der Waals surface area contributed by atoms with Gasteiger partial charge >= 0.3 is 0 Å². The molecule has 0 aromatic heterocycles. The highest BCUT2D eigenvalue weighted by molar-refractivity contribution is 5.93. The molecule has 1 aliphatic carbocycles. The predicted octanol–water partition coefficient (Wildman–Crippen LogP) is 3.06. The molecule has 0 atom stereocenters. The summed E-state index contributed by atoms with van der Waals surface area (Å²) in [5.74, 6) is 0.929. The van der Waals surface area contributed by atoms with Crippen LogP contribution < -0.4 is 20.7 Å². The monoisotopic (exact) mass is 389 g/mol. The van der Waals surface area contributed by atoms with Crippen LogP contribution in [0, 0.1) is 5.92 Å². The second kappa shape index (κ2) is 10.5. The molecule has 2 amide bonds. The van der Waals surface area contributed by atoms with Crippen molar-refractivity contribution in [3.05, 3.63) is 54.6 Å². The first-order valence-corrected chi connectivity index (χ1v) is 8.77. The Hall–Kier alpha value is -2.57. The highest BCUT2D eigenvalue weighted by Crippen LogP contribution is 2.27. The summed E-state index contributed by atoms with van der Waals surface area (Å²) >= 11 is 0. The number of nitrogens with one attached hydrogen (secondary N) is 3. The van der Waals surface area contributed by atoms with Gasteiger partial charge in [0.2, 0.25) is 5.91 Å². The van der Waals surface area contributed by atoms with Crippen molar-refractivity contribution in [3.8, 4) is 5.75 Å². The third kappa shape index (κ3) is 7.68. The normalized spacial score (nSPS) is 12.6. The van der Waals surface area contributed by atoms with E-state index in [1.807, 2.05) is 30.3 Å². The van der Waals surface area contributed by atoms with Crippen molar-refractivity contribution in [2.75, 3.05) is 30.3 Å². The zero-order valence-corrected chi connectivity index (χ0v) is 15.8. The molecule has 1 fully saturated rings. The standard InChI is InChI=1S/C20H23N3O3.ClH/c24-19(13-21-12-15-9-10-15)23-17-7-4-8-18(11-17)26-14-20(25)22-16-5-2-1-3-6-16;/h1-8,11,15,21H,9-10,12-14H2,(H,22,25)(H,23,24);1H. The number of hydrogen-bond donors (Lipinski definition) is 3. The number of carbonyl (C=O) groups is 2. The zero-order chi connectivity index (χ0) is 18.2. The Balaban J connectivity index is 0.00000261. The van der Waals surface area contributed by atoms with Crippen molar-refractivity contribution >= 4 is 35.6 Å². The second-order valence-corrected chi connectivity index (χ2v) is 6.35. The van der Waals surface area contributed by atoms with Crippen molar-refractivity contribution in [2.45, 2.75) is 12.8 Å². The minimum atomic E-state index is -0.241. The quantitative estimate of drug-likeness (QED) is 0.615. The third-order valence-corrected chi connectivity index (χ3v) is 3.96. The summed E-state index contributed by atoms with van der Waals surface area (Å²) in [5.41, 5.74) is 1.37. The summed E-state index contributed by atoms with van der Waals surface area (Å²) < 4.78 is 5.50. The molecule has 0 unspecified atom stereocenters. The van der Waals surface area contributed by atoms with Crippen molar-refractivity contribution < 1.29 is 14.3 Å². The van der Waals surface area contributed by atoms with Crippen LogP contribution in [-0.4, -0.2) is 31.5 Å². The van der Waals surface area contributed by atoms with E-state index in [0.717, 1.165) is 18.2 Å². The van der Waals surface area contributed by atoms with Crippen LogP contribution in [0.3, 0.4) is 0 Å². The third-order valence-electron chi connectivity index (χ3n) is 3.96. The first kappa shape index (κ1) is 20.7. The van der Waals surface area contributed by atoms with Crippen molar-refractivity contribution in [2.24, 2.45) is 5.92 Å². The number of hydrogen-bond acceptors (Lipinski definition) is 4. The molecule has 0 aliphatic heterocycles. The molecular formula is C20H24ClN3O3. The molecule has 6 nitrogen and oxygen atoms in total. The van der Waals surface area contributed by atoms with Gasteiger partial charge in [0, 0.05) is 17.4 Å². The van der Waals surface area contributed by atoms with Gasteiger partial charge in [0.25, 0.3) is 5.91 Å². The van der Waals surface area contributed by atoms with Crippen molar-refractivity contribution in [1.29, 1.82) is 0 Å². The number of rotatable bonds is 9. The zero-order valence-electron chi connectivity index (χ0n) is 14.9. The Labute approximate surface area is 165 Å². The molecule has 0 spiro atoms. The highest BCUT2D eigenvalue weighted by atomic mass is 35.5. The van der Waals surface area contributed by atoms with Gasteiger partial charge in [0.05, 0.1) is 6.54 Å². The van der Waals surface area contributed by atoms with Gasteiger partial charge in [-0.3, -0.25) is 9.59 Å². The molecule has 0 heterocycles. The molecule has 1 saturated carbocycles. The number of halogens is 1. The minimum absolute atomic E-state index is 0. The van der Waals surface area contributed by atoms with Crippen LogP contribution in [0.2, 0.25) is 0 Å². The average molecular weight is 390 g/mol. The fraction of sp³-hybridized carbons (Fsp3) is 0.300. The van der Waals surface area contributed by atoms with E-state index in [4.69, 9.17) is 4.74 Å². The van der Waals surface area contributed by atoms with Crippen LogP contribution >= 0.6 is 12.4 Å². The topological polar surface area (TPSA) is 79.5 Å². The van der Waals surface area contributed by atoms with E-state index in [1.54, 1.807) is 24.3 Å². The number of anilines is 2. The Morgan fingerprint density at radius 2 is 1.63 bits per heavy atom. The van der Waals surface area contributed by atoms with E-state index in [-0.39, 0.29) is 30.8 Å². The molecule has 0 radical (unpaired) electrons. The van der Waals surface area contributed by atoms with Gasteiger partial charge < -0.3 is 20.7 Å². The van der Waals surface area contributed by atoms with Gasteiger partial charge in [-0.25, -0.2) is 0 Å². The summed E-state index contributed by atoms with van der Waals surface area (Å²) in [4.78, 5) is 23.8. The lowest BCUT2D eigenvalue weighted by Crippen LogP contribution is -2.29. The molecule has 0 saturated heterocycles. The molecule has 2 aromatic rings. The number of para-hydroxylation sites is 1. The van der Waals surface area contributed by atoms with E-state index in [2.05, 4.69) is 16.0 Å². The van der Waals surface area contributed by atoms with Crippen LogP contribution in [-0.2, 0) is 9.59 Å². The molecule has 27 heavy (non-hydrogen) atoms. The molecule has 3 N–H and O–H groups in total. The Bertz CT molecular complexity index is 751. The summed E-state index contributed by atoms with van der Waals surface area (Å²) in [7, 11) is 0. The lowest BCUT2D eigenvalue weighted by molar-refractivity contribution is -0.118. The fourth-order valence-corrected chi connectivity index (χ4v) is 2.45. The van der Waals surface area contributed by atoms with E-state index in [9.17, 15) is 9.59 Å². The fourth-order valence-electron chi connectivity index (χ4n) is 2.45. The number of benzene rings is 2. The second-order valence-electron chi connectivity index (χ2n) is 6.35. The van der Waals surface area contributed by atoms with E-state index in [0.29, 0.717) is 18.0 Å². The highest BCUT2D eigenvalue weighted by Gasteiger charge is 2.20. The summed E-state index contributed by atoms with van der Waals surface area (Å²) in [6.07, 6.45) is 2.51. The molecule has 0 bridgehead atoms. The molecular weight excluding hydrogens is 366 g/mol. The first-order valence-electron chi connectivity index (χ1n) is 8.77. The smallest absolute Gasteiger partial charge is 0.262 e. The SMILES string of the molecule is Cl.O=C(CNCC1CC1)Nc1cccc(OCC(=O)Nc2ccccc2)c1. The van der Waals surface area contributed by atoms with Gasteiger partial charge in [-0.15, -0.1) is 12.4 Å². The van der Waals surface area contributed by atoms with E-state index in [1.165, 1.54) is 12.8 Å². The van der Waals surface area contributed by atoms with E-state index < -0.39 is 0 Å². The van der Waals surface area contributed by atoms with E-state index >= 15 is 0 Å². The molecule has 144 valence electrons. The summed E-state index contributed by atoms with van der Waals surface area (Å²) in [6.45, 7) is 1.09. The van der Waals surface area contributed by atoms with Crippen LogP contribution in [0.15, 0.2) is 54.6 Å². The molecule has 7 heteroatoms. The Kier molecular flexibility index (Phi) is 8.10. The summed E-state index contributed by atoms with van der Waals surface area (Å²) in [5, 5.41) is 8.73. The lowest BCUT2D eigenvalue weighted by Gasteiger charge is -2.10. The van der Waals surface area contributed by atoms with Gasteiger partial charge in [0.1, 0.15) is 5.75 Å².